The molecule has 0 amide bonds. The van der Waals surface area contributed by atoms with Crippen LogP contribution in [0.3, 0.4) is 0 Å². The smallest absolute Gasteiger partial charge is 0.215 e. The summed E-state index contributed by atoms with van der Waals surface area (Å²) in [4.78, 5) is 17.7. The van der Waals surface area contributed by atoms with Crippen molar-refractivity contribution in [2.75, 3.05) is 0 Å². The molecule has 1 aliphatic rings. The van der Waals surface area contributed by atoms with Crippen LogP contribution in [0.1, 0.15) is 37.1 Å². The average Bonchev–Trinajstić information content (AvgIpc) is 2.86. The molecule has 136 valence electrons. The summed E-state index contributed by atoms with van der Waals surface area (Å²) in [5.74, 6) is 0.113. The van der Waals surface area contributed by atoms with Crippen LogP contribution in [0.2, 0.25) is 0 Å². The van der Waals surface area contributed by atoms with Crippen LogP contribution in [0.25, 0.3) is 11.8 Å². The number of para-hydroxylation sites is 1. The van der Waals surface area contributed by atoms with Crippen molar-refractivity contribution in [1.29, 1.82) is 0 Å². The van der Waals surface area contributed by atoms with E-state index in [0.29, 0.717) is 17.7 Å². The van der Waals surface area contributed by atoms with Crippen molar-refractivity contribution in [2.45, 2.75) is 39.7 Å². The summed E-state index contributed by atoms with van der Waals surface area (Å²) in [6, 6.07) is 7.99. The Morgan fingerprint density at radius 3 is 2.69 bits per heavy atom. The van der Waals surface area contributed by atoms with Crippen LogP contribution in [0.4, 0.5) is 0 Å². The Morgan fingerprint density at radius 2 is 2.04 bits per heavy atom. The second-order valence-electron chi connectivity index (χ2n) is 6.55. The van der Waals surface area contributed by atoms with Crippen molar-refractivity contribution in [3.05, 3.63) is 56.2 Å². The number of aromatic nitrogens is 1. The average molecular weight is 389 g/mol. The van der Waals surface area contributed by atoms with Gasteiger partial charge in [-0.15, -0.1) is 0 Å². The van der Waals surface area contributed by atoms with E-state index in [1.165, 1.54) is 11.3 Å². The normalized spacial score (nSPS) is 17.3. The maximum Gasteiger partial charge on any atom is 0.215 e. The third kappa shape index (κ3) is 3.84. The molecule has 0 bridgehead atoms. The Morgan fingerprint density at radius 1 is 1.31 bits per heavy atom. The molecule has 1 aliphatic carbocycles. The second kappa shape index (κ2) is 7.64. The number of hydrogen-bond acceptors (Lipinski definition) is 4. The molecular formula is C20H21ClN2O2S. The van der Waals surface area contributed by atoms with E-state index in [1.54, 1.807) is 10.6 Å². The molecule has 0 radical (unpaired) electrons. The molecule has 0 aliphatic heterocycles. The lowest BCUT2D eigenvalue weighted by atomic mass is 10.0. The highest BCUT2D eigenvalue weighted by Crippen LogP contribution is 2.30. The maximum atomic E-state index is 11.6. The third-order valence-corrected chi connectivity index (χ3v) is 5.40. The van der Waals surface area contributed by atoms with Crippen LogP contribution in [0.5, 0.6) is 5.88 Å². The molecule has 0 unspecified atom stereocenters. The first-order chi connectivity index (χ1) is 12.4. The molecule has 1 aromatic carbocycles. The lowest BCUT2D eigenvalue weighted by Gasteiger charge is -2.10. The number of nitrogens with zero attached hydrogens (tertiary/aromatic N) is 2. The molecule has 0 saturated carbocycles. The summed E-state index contributed by atoms with van der Waals surface area (Å²) < 4.78 is 1.78. The number of hydrogen-bond donors (Lipinski definition) is 1. The number of benzene rings is 1. The summed E-state index contributed by atoms with van der Waals surface area (Å²) in [6.07, 6.45) is 4.59. The third-order valence-electron chi connectivity index (χ3n) is 4.09. The van der Waals surface area contributed by atoms with Crippen molar-refractivity contribution in [2.24, 2.45) is 4.99 Å². The lowest BCUT2D eigenvalue weighted by Crippen LogP contribution is -2.15. The minimum Gasteiger partial charge on any atom is -0.493 e. The fourth-order valence-corrected chi connectivity index (χ4v) is 4.16. The second-order valence-corrected chi connectivity index (χ2v) is 7.97. The molecule has 1 N–H and O–H groups in total. The summed E-state index contributed by atoms with van der Waals surface area (Å²) >= 11 is 7.40. The molecule has 0 spiro atoms. The first-order valence-corrected chi connectivity index (χ1v) is 9.72. The molecule has 0 fully saturated rings. The molecule has 26 heavy (non-hydrogen) atoms. The number of carbonyl (C=O) groups excluding carboxylic acids is 1. The van der Waals surface area contributed by atoms with Gasteiger partial charge in [-0.1, -0.05) is 41.1 Å². The highest BCUT2D eigenvalue weighted by Gasteiger charge is 2.18. The van der Waals surface area contributed by atoms with Gasteiger partial charge >= 0.3 is 0 Å². The minimum absolute atomic E-state index is 0.0373. The zero-order chi connectivity index (χ0) is 18.8. The van der Waals surface area contributed by atoms with Gasteiger partial charge in [0, 0.05) is 12.5 Å². The van der Waals surface area contributed by atoms with Crippen molar-refractivity contribution in [3.63, 3.8) is 0 Å². The molecule has 6 heteroatoms. The minimum atomic E-state index is -0.0373. The van der Waals surface area contributed by atoms with Gasteiger partial charge in [0.15, 0.2) is 10.6 Å². The van der Waals surface area contributed by atoms with E-state index < -0.39 is 0 Å². The van der Waals surface area contributed by atoms with Crippen LogP contribution >= 0.6 is 22.9 Å². The predicted molar refractivity (Wildman–Crippen MR) is 107 cm³/mol. The zero-order valence-electron chi connectivity index (χ0n) is 15.0. The van der Waals surface area contributed by atoms with Crippen LogP contribution in [0.15, 0.2) is 45.9 Å². The van der Waals surface area contributed by atoms with E-state index in [9.17, 15) is 9.90 Å². The summed E-state index contributed by atoms with van der Waals surface area (Å²) in [7, 11) is 0. The quantitative estimate of drug-likeness (QED) is 0.826. The number of aryl methyl sites for hydroxylation is 1. The van der Waals surface area contributed by atoms with Gasteiger partial charge in [0.1, 0.15) is 0 Å². The molecule has 3 rings (SSSR count). The van der Waals surface area contributed by atoms with Gasteiger partial charge in [0.05, 0.1) is 15.6 Å². The molecule has 4 nitrogen and oxygen atoms in total. The number of allylic oxidation sites excluding steroid dienone is 3. The molecule has 1 heterocycles. The number of aromatic hydroxyl groups is 1. The van der Waals surface area contributed by atoms with Gasteiger partial charge in [-0.25, -0.2) is 0 Å². The Labute approximate surface area is 161 Å². The first kappa shape index (κ1) is 18.7. The van der Waals surface area contributed by atoms with Gasteiger partial charge in [0.2, 0.25) is 5.88 Å². The maximum absolute atomic E-state index is 11.6. The number of rotatable bonds is 3. The number of halogens is 1. The number of Topliss-reactive ketones (excluding diaryl/α,β-unsaturated/α-hetero) is 1. The summed E-state index contributed by atoms with van der Waals surface area (Å²) in [5.41, 5.74) is 2.88. The lowest BCUT2D eigenvalue weighted by molar-refractivity contribution is -0.115. The van der Waals surface area contributed by atoms with E-state index in [2.05, 4.69) is 4.99 Å². The monoisotopic (exact) mass is 388 g/mol. The van der Waals surface area contributed by atoms with E-state index >= 15 is 0 Å². The summed E-state index contributed by atoms with van der Waals surface area (Å²) in [5, 5.41) is 11.1. The molecule has 1 aromatic heterocycles. The van der Waals surface area contributed by atoms with E-state index in [0.717, 1.165) is 21.6 Å². The van der Waals surface area contributed by atoms with Gasteiger partial charge in [-0.2, -0.15) is 0 Å². The van der Waals surface area contributed by atoms with Crippen molar-refractivity contribution in [1.82, 2.24) is 4.57 Å². The fraction of sp³-hybridized carbons (Fsp3) is 0.300. The van der Waals surface area contributed by atoms with Crippen molar-refractivity contribution >= 4 is 34.8 Å². The summed E-state index contributed by atoms with van der Waals surface area (Å²) in [6.45, 7) is 6.02. The molecule has 0 saturated heterocycles. The van der Waals surface area contributed by atoms with Gasteiger partial charge < -0.3 is 5.11 Å². The highest BCUT2D eigenvalue weighted by molar-refractivity contribution is 7.10. The van der Waals surface area contributed by atoms with Crippen molar-refractivity contribution < 1.29 is 9.90 Å². The van der Waals surface area contributed by atoms with Crippen molar-refractivity contribution in [3.8, 4) is 11.6 Å². The molecule has 0 atom stereocenters. The predicted octanol–water partition coefficient (Wildman–Crippen LogP) is 4.73. The molecular weight excluding hydrogens is 368 g/mol. The number of ketones is 1. The highest BCUT2D eigenvalue weighted by atomic mass is 35.5. The Balaban J connectivity index is 2.18. The van der Waals surface area contributed by atoms with Crippen LogP contribution in [-0.4, -0.2) is 21.5 Å². The largest absolute Gasteiger partial charge is 0.493 e. The first-order valence-electron chi connectivity index (χ1n) is 8.52. The van der Waals surface area contributed by atoms with Crippen LogP contribution in [0, 0.1) is 6.92 Å². The Kier molecular flexibility index (Phi) is 5.49. The Hall–Kier alpha value is -2.11. The van der Waals surface area contributed by atoms with Gasteiger partial charge in [-0.05, 0) is 56.5 Å². The van der Waals surface area contributed by atoms with E-state index in [1.807, 2.05) is 51.1 Å². The standard InChI is InChI=1S/C20H21ClN2O2S/c1-12(2)22-20-23(16-7-5-4-6-13(16)3)19(25)18(26-20)11-14-8-9-17(24)15(21)10-14/h4-7,10-12,25H,8-9H2,1-3H3/b14-11+,22-20?. The van der Waals surface area contributed by atoms with E-state index in [-0.39, 0.29) is 22.7 Å². The number of carbonyl (C=O) groups is 1. The van der Waals surface area contributed by atoms with Crippen LogP contribution in [-0.2, 0) is 4.79 Å². The Bertz CT molecular complexity index is 980. The SMILES string of the molecule is Cc1ccccc1-n1c(O)c(/C=C2/C=C(Cl)C(=O)CC2)sc1=NC(C)C. The molecule has 2 aromatic rings. The van der Waals surface area contributed by atoms with Gasteiger partial charge in [0.25, 0.3) is 0 Å². The van der Waals surface area contributed by atoms with Gasteiger partial charge in [-0.3, -0.25) is 14.4 Å². The number of thiazole rings is 1. The zero-order valence-corrected chi connectivity index (χ0v) is 16.6. The topological polar surface area (TPSA) is 54.6 Å². The van der Waals surface area contributed by atoms with Crippen LogP contribution < -0.4 is 4.80 Å². The fourth-order valence-electron chi connectivity index (χ4n) is 2.80. The van der Waals surface area contributed by atoms with E-state index in [4.69, 9.17) is 11.6 Å².